The molecule has 7 heteroatoms. The Morgan fingerprint density at radius 2 is 2.39 bits per heavy atom. The maximum atomic E-state index is 12.6. The molecule has 6 nitrogen and oxygen atoms in total. The number of hydrogen-bond donors (Lipinski definition) is 3. The third-order valence-electron chi connectivity index (χ3n) is 4.94. The fraction of sp³-hybridized carbons (Fsp3) is 0.500. The molecule has 0 radical (unpaired) electrons. The predicted octanol–water partition coefficient (Wildman–Crippen LogP) is 2.41. The van der Waals surface area contributed by atoms with E-state index in [2.05, 4.69) is 28.1 Å². The standard InChI is InChI=1S/C16H21N5OS/c1-2-12-11-8-21(6-5-13(11)20-19-12)16(22)18-10-3-4-15-14(7-10)17-9-23-15/h3-4,7,9,11-13,19-20H,2,5-6,8H2,1H3,(H,18,22). The second-order valence-corrected chi connectivity index (χ2v) is 7.16. The van der Waals surface area contributed by atoms with Gasteiger partial charge >= 0.3 is 6.03 Å². The molecule has 3 unspecified atom stereocenters. The molecule has 23 heavy (non-hydrogen) atoms. The van der Waals surface area contributed by atoms with Crippen LogP contribution in [-0.2, 0) is 0 Å². The zero-order valence-corrected chi connectivity index (χ0v) is 13.9. The highest BCUT2D eigenvalue weighted by Gasteiger charge is 2.39. The monoisotopic (exact) mass is 331 g/mol. The summed E-state index contributed by atoms with van der Waals surface area (Å²) in [5.41, 5.74) is 10.3. The van der Waals surface area contributed by atoms with Gasteiger partial charge < -0.3 is 10.2 Å². The van der Waals surface area contributed by atoms with Gasteiger partial charge in [0.15, 0.2) is 0 Å². The van der Waals surface area contributed by atoms with Gasteiger partial charge in [0.2, 0.25) is 0 Å². The van der Waals surface area contributed by atoms with Gasteiger partial charge in [-0.1, -0.05) is 6.92 Å². The first kappa shape index (κ1) is 14.9. The molecule has 122 valence electrons. The van der Waals surface area contributed by atoms with E-state index in [9.17, 15) is 4.79 Å². The Morgan fingerprint density at radius 1 is 1.48 bits per heavy atom. The normalized spacial score (nSPS) is 27.2. The first-order chi connectivity index (χ1) is 11.2. The number of thiazole rings is 1. The lowest BCUT2D eigenvalue weighted by atomic mass is 9.87. The van der Waals surface area contributed by atoms with Crippen LogP contribution in [-0.4, -0.2) is 41.1 Å². The smallest absolute Gasteiger partial charge is 0.321 e. The van der Waals surface area contributed by atoms with Gasteiger partial charge in [0.05, 0.1) is 15.7 Å². The van der Waals surface area contributed by atoms with E-state index >= 15 is 0 Å². The van der Waals surface area contributed by atoms with Crippen LogP contribution in [0.25, 0.3) is 10.2 Å². The van der Waals surface area contributed by atoms with Gasteiger partial charge in [-0.05, 0) is 31.0 Å². The molecule has 3 heterocycles. The number of benzene rings is 1. The maximum absolute atomic E-state index is 12.6. The largest absolute Gasteiger partial charge is 0.324 e. The number of hydrazine groups is 1. The van der Waals surface area contributed by atoms with Crippen molar-refractivity contribution in [2.75, 3.05) is 18.4 Å². The van der Waals surface area contributed by atoms with Gasteiger partial charge in [-0.25, -0.2) is 9.78 Å². The summed E-state index contributed by atoms with van der Waals surface area (Å²) in [5.74, 6) is 0.487. The molecule has 1 aromatic heterocycles. The summed E-state index contributed by atoms with van der Waals surface area (Å²) in [5, 5.41) is 3.02. The van der Waals surface area contributed by atoms with Crippen LogP contribution in [0.2, 0.25) is 0 Å². The number of anilines is 1. The summed E-state index contributed by atoms with van der Waals surface area (Å²) >= 11 is 1.61. The number of amides is 2. The van der Waals surface area contributed by atoms with Gasteiger partial charge in [-0.3, -0.25) is 10.9 Å². The molecule has 3 N–H and O–H groups in total. The third-order valence-corrected chi connectivity index (χ3v) is 5.75. The number of fused-ring (bicyclic) bond motifs is 2. The van der Waals surface area contributed by atoms with E-state index in [1.165, 1.54) is 0 Å². The highest BCUT2D eigenvalue weighted by molar-refractivity contribution is 7.16. The summed E-state index contributed by atoms with van der Waals surface area (Å²) in [6, 6.07) is 6.80. The van der Waals surface area contributed by atoms with Crippen LogP contribution >= 0.6 is 11.3 Å². The predicted molar refractivity (Wildman–Crippen MR) is 92.5 cm³/mol. The summed E-state index contributed by atoms with van der Waals surface area (Å²) in [6.07, 6.45) is 2.07. The van der Waals surface area contributed by atoms with Crippen LogP contribution in [0.3, 0.4) is 0 Å². The number of likely N-dealkylation sites (tertiary alicyclic amines) is 1. The van der Waals surface area contributed by atoms with E-state index in [4.69, 9.17) is 0 Å². The molecular weight excluding hydrogens is 310 g/mol. The molecule has 0 bridgehead atoms. The number of piperidine rings is 1. The quantitative estimate of drug-likeness (QED) is 0.790. The molecule has 2 amide bonds. The zero-order chi connectivity index (χ0) is 15.8. The molecular formula is C16H21N5OS. The van der Waals surface area contributed by atoms with Crippen LogP contribution in [0, 0.1) is 5.92 Å². The van der Waals surface area contributed by atoms with E-state index < -0.39 is 0 Å². The molecule has 1 aromatic carbocycles. The van der Waals surface area contributed by atoms with Crippen molar-refractivity contribution in [3.8, 4) is 0 Å². The number of carbonyl (C=O) groups excluding carboxylic acids is 1. The molecule has 2 aromatic rings. The zero-order valence-electron chi connectivity index (χ0n) is 13.1. The van der Waals surface area contributed by atoms with E-state index in [0.717, 1.165) is 41.8 Å². The fourth-order valence-corrected chi connectivity index (χ4v) is 4.28. The minimum Gasteiger partial charge on any atom is -0.324 e. The highest BCUT2D eigenvalue weighted by atomic mass is 32.1. The Balaban J connectivity index is 1.44. The Labute approximate surface area is 139 Å². The van der Waals surface area contributed by atoms with Crippen LogP contribution < -0.4 is 16.2 Å². The molecule has 0 spiro atoms. The second-order valence-electron chi connectivity index (χ2n) is 6.27. The SMILES string of the molecule is CCC1NNC2CCN(C(=O)Nc3ccc4scnc4c3)CC12. The average Bonchev–Trinajstić information content (AvgIpc) is 3.19. The highest BCUT2D eigenvalue weighted by Crippen LogP contribution is 2.27. The number of nitrogens with zero attached hydrogens (tertiary/aromatic N) is 2. The Hall–Kier alpha value is -1.70. The fourth-order valence-electron chi connectivity index (χ4n) is 3.62. The molecule has 2 aliphatic rings. The second kappa shape index (κ2) is 6.07. The minimum atomic E-state index is -0.0141. The average molecular weight is 331 g/mol. The van der Waals surface area contributed by atoms with Crippen molar-refractivity contribution in [2.45, 2.75) is 31.8 Å². The Bertz CT molecular complexity index is 711. The molecule has 2 aliphatic heterocycles. The number of rotatable bonds is 2. The van der Waals surface area contributed by atoms with E-state index in [0.29, 0.717) is 18.0 Å². The van der Waals surface area contributed by atoms with Gasteiger partial charge in [0.25, 0.3) is 0 Å². The van der Waals surface area contributed by atoms with Gasteiger partial charge in [-0.15, -0.1) is 11.3 Å². The molecule has 0 aliphatic carbocycles. The molecule has 2 fully saturated rings. The summed E-state index contributed by atoms with van der Waals surface area (Å²) in [7, 11) is 0. The van der Waals surface area contributed by atoms with Crippen LogP contribution in [0.5, 0.6) is 0 Å². The lowest BCUT2D eigenvalue weighted by molar-refractivity contribution is 0.165. The summed E-state index contributed by atoms with van der Waals surface area (Å²) in [6.45, 7) is 3.77. The van der Waals surface area contributed by atoms with Gasteiger partial charge in [-0.2, -0.15) is 0 Å². The van der Waals surface area contributed by atoms with Crippen molar-refractivity contribution >= 4 is 33.3 Å². The van der Waals surface area contributed by atoms with Crippen molar-refractivity contribution in [1.82, 2.24) is 20.7 Å². The third kappa shape index (κ3) is 2.80. The number of nitrogens with one attached hydrogen (secondary N) is 3. The van der Waals surface area contributed by atoms with Crippen molar-refractivity contribution < 1.29 is 4.79 Å². The lowest BCUT2D eigenvalue weighted by Crippen LogP contribution is -2.49. The minimum absolute atomic E-state index is 0.0141. The number of carbonyl (C=O) groups is 1. The molecule has 4 rings (SSSR count). The Kier molecular flexibility index (Phi) is 3.92. The first-order valence-electron chi connectivity index (χ1n) is 8.15. The van der Waals surface area contributed by atoms with E-state index in [-0.39, 0.29) is 6.03 Å². The van der Waals surface area contributed by atoms with Crippen molar-refractivity contribution in [1.29, 1.82) is 0 Å². The van der Waals surface area contributed by atoms with Crippen LogP contribution in [0.1, 0.15) is 19.8 Å². The van der Waals surface area contributed by atoms with Gasteiger partial charge in [0.1, 0.15) is 0 Å². The topological polar surface area (TPSA) is 69.3 Å². The molecule has 3 atom stereocenters. The Morgan fingerprint density at radius 3 is 3.26 bits per heavy atom. The maximum Gasteiger partial charge on any atom is 0.321 e. The van der Waals surface area contributed by atoms with Crippen LogP contribution in [0.15, 0.2) is 23.7 Å². The van der Waals surface area contributed by atoms with Crippen molar-refractivity contribution in [3.63, 3.8) is 0 Å². The lowest BCUT2D eigenvalue weighted by Gasteiger charge is -2.35. The molecule has 0 saturated carbocycles. The number of aromatic nitrogens is 1. The summed E-state index contributed by atoms with van der Waals surface area (Å²) in [4.78, 5) is 18.8. The van der Waals surface area contributed by atoms with Gasteiger partial charge in [0, 0.05) is 36.8 Å². The number of hydrogen-bond acceptors (Lipinski definition) is 5. The van der Waals surface area contributed by atoms with Crippen molar-refractivity contribution in [3.05, 3.63) is 23.7 Å². The summed E-state index contributed by atoms with van der Waals surface area (Å²) < 4.78 is 1.14. The van der Waals surface area contributed by atoms with Crippen LogP contribution in [0.4, 0.5) is 10.5 Å². The van der Waals surface area contributed by atoms with E-state index in [1.54, 1.807) is 11.3 Å². The number of urea groups is 1. The molecule has 2 saturated heterocycles. The first-order valence-corrected chi connectivity index (χ1v) is 9.03. The van der Waals surface area contributed by atoms with E-state index in [1.807, 2.05) is 28.6 Å². The van der Waals surface area contributed by atoms with Crippen molar-refractivity contribution in [2.24, 2.45) is 5.92 Å².